The molecule has 2 aliphatic rings. The van der Waals surface area contributed by atoms with Crippen molar-refractivity contribution in [3.05, 3.63) is 30.3 Å². The van der Waals surface area contributed by atoms with Gasteiger partial charge in [-0.1, -0.05) is 18.2 Å². The van der Waals surface area contributed by atoms with Crippen LogP contribution in [0.5, 0.6) is 0 Å². The number of carbonyl (C=O) groups excluding carboxylic acids is 2. The van der Waals surface area contributed by atoms with Gasteiger partial charge >= 0.3 is 6.03 Å². The van der Waals surface area contributed by atoms with Crippen molar-refractivity contribution in [1.29, 1.82) is 0 Å². The van der Waals surface area contributed by atoms with Crippen LogP contribution in [0.4, 0.5) is 10.5 Å². The molecule has 3 rings (SSSR count). The molecule has 24 heavy (non-hydrogen) atoms. The molecule has 0 aliphatic carbocycles. The highest BCUT2D eigenvalue weighted by Crippen LogP contribution is 2.24. The molecule has 3 amide bonds. The van der Waals surface area contributed by atoms with E-state index in [-0.39, 0.29) is 18.0 Å². The lowest BCUT2D eigenvalue weighted by molar-refractivity contribution is -0.123. The summed E-state index contributed by atoms with van der Waals surface area (Å²) in [5, 5.41) is 3.00. The molecule has 2 heterocycles. The Labute approximate surface area is 147 Å². The van der Waals surface area contributed by atoms with Crippen LogP contribution in [0.25, 0.3) is 0 Å². The molecule has 2 aliphatic heterocycles. The van der Waals surface area contributed by atoms with Gasteiger partial charge < -0.3 is 15.1 Å². The molecule has 0 spiro atoms. The third kappa shape index (κ3) is 3.86. The van der Waals surface area contributed by atoms with Gasteiger partial charge in [0, 0.05) is 25.8 Å². The lowest BCUT2D eigenvalue weighted by Crippen LogP contribution is -2.55. The number of anilines is 1. The maximum Gasteiger partial charge on any atom is 0.317 e. The topological polar surface area (TPSA) is 52.7 Å². The molecule has 6 heteroatoms. The molecule has 1 N–H and O–H groups in total. The minimum Gasteiger partial charge on any atom is -0.338 e. The summed E-state index contributed by atoms with van der Waals surface area (Å²) in [6, 6.07) is 9.17. The average molecular weight is 347 g/mol. The maximum atomic E-state index is 12.8. The molecule has 2 atom stereocenters. The molecule has 2 fully saturated rings. The van der Waals surface area contributed by atoms with Crippen LogP contribution in [0.15, 0.2) is 30.3 Å². The highest BCUT2D eigenvalue weighted by atomic mass is 32.2. The van der Waals surface area contributed by atoms with E-state index in [4.69, 9.17) is 0 Å². The molecule has 2 saturated heterocycles. The molecule has 0 radical (unpaired) electrons. The number of nitrogens with zero attached hydrogens (tertiary/aromatic N) is 2. The molecular weight excluding hydrogens is 322 g/mol. The summed E-state index contributed by atoms with van der Waals surface area (Å²) >= 11 is 1.94. The molecule has 5 nitrogen and oxygen atoms in total. The zero-order chi connectivity index (χ0) is 16.9. The summed E-state index contributed by atoms with van der Waals surface area (Å²) in [5.74, 6) is 2.88. The third-order valence-corrected chi connectivity index (χ3v) is 6.06. The lowest BCUT2D eigenvalue weighted by Gasteiger charge is -2.36. The fraction of sp³-hybridized carbons (Fsp3) is 0.556. The molecule has 0 unspecified atom stereocenters. The van der Waals surface area contributed by atoms with Crippen molar-refractivity contribution in [3.63, 3.8) is 0 Å². The number of amides is 3. The second kappa shape index (κ2) is 7.92. The first-order valence-electron chi connectivity index (χ1n) is 8.61. The smallest absolute Gasteiger partial charge is 0.317 e. The first kappa shape index (κ1) is 17.1. The number of benzene rings is 1. The lowest BCUT2D eigenvalue weighted by atomic mass is 10.0. The number of rotatable bonds is 4. The van der Waals surface area contributed by atoms with E-state index in [9.17, 15) is 9.59 Å². The van der Waals surface area contributed by atoms with Gasteiger partial charge in [0.2, 0.25) is 5.91 Å². The van der Waals surface area contributed by atoms with E-state index in [1.807, 2.05) is 42.1 Å². The number of para-hydroxylation sites is 1. The molecular formula is C18H25N3O2S. The van der Waals surface area contributed by atoms with Gasteiger partial charge in [0.05, 0.1) is 0 Å². The van der Waals surface area contributed by atoms with Crippen molar-refractivity contribution < 1.29 is 9.59 Å². The van der Waals surface area contributed by atoms with E-state index < -0.39 is 0 Å². The molecule has 1 aromatic carbocycles. The van der Waals surface area contributed by atoms with Crippen LogP contribution < -0.4 is 10.2 Å². The van der Waals surface area contributed by atoms with Gasteiger partial charge in [-0.25, -0.2) is 4.79 Å². The number of piperidine rings is 1. The van der Waals surface area contributed by atoms with Crippen molar-refractivity contribution in [2.75, 3.05) is 36.5 Å². The standard InChI is InChI=1S/C18H25N3O2S/c1-20(18(23)19-12-14-9-11-24-13-14)16-8-5-10-21(17(16)22)15-6-3-2-4-7-15/h2-4,6-7,14,16H,5,8-13H2,1H3,(H,19,23)/t14-,16+/m0/s1. The minimum atomic E-state index is -0.378. The fourth-order valence-corrected chi connectivity index (χ4v) is 4.61. The number of urea groups is 1. The third-order valence-electron chi connectivity index (χ3n) is 4.83. The summed E-state index contributed by atoms with van der Waals surface area (Å²) in [5.41, 5.74) is 0.906. The van der Waals surface area contributed by atoms with Gasteiger partial charge in [-0.05, 0) is 48.8 Å². The predicted molar refractivity (Wildman–Crippen MR) is 98.4 cm³/mol. The van der Waals surface area contributed by atoms with Crippen molar-refractivity contribution in [2.45, 2.75) is 25.3 Å². The number of nitrogens with one attached hydrogen (secondary N) is 1. The van der Waals surface area contributed by atoms with Crippen molar-refractivity contribution in [3.8, 4) is 0 Å². The maximum absolute atomic E-state index is 12.8. The van der Waals surface area contributed by atoms with Gasteiger partial charge in [0.15, 0.2) is 0 Å². The van der Waals surface area contributed by atoms with Crippen LogP contribution >= 0.6 is 11.8 Å². The van der Waals surface area contributed by atoms with Crippen LogP contribution in [-0.4, -0.2) is 54.5 Å². The van der Waals surface area contributed by atoms with E-state index in [0.717, 1.165) is 24.3 Å². The zero-order valence-electron chi connectivity index (χ0n) is 14.1. The van der Waals surface area contributed by atoms with Crippen LogP contribution in [0.3, 0.4) is 0 Å². The number of hydrogen-bond acceptors (Lipinski definition) is 3. The number of carbonyl (C=O) groups is 2. The van der Waals surface area contributed by atoms with Gasteiger partial charge in [-0.3, -0.25) is 4.79 Å². The first-order chi connectivity index (χ1) is 11.7. The largest absolute Gasteiger partial charge is 0.338 e. The van der Waals surface area contributed by atoms with Gasteiger partial charge in [0.25, 0.3) is 0 Å². The van der Waals surface area contributed by atoms with E-state index >= 15 is 0 Å². The van der Waals surface area contributed by atoms with Crippen LogP contribution in [0.1, 0.15) is 19.3 Å². The molecule has 0 bridgehead atoms. The van der Waals surface area contributed by atoms with E-state index in [1.54, 1.807) is 16.8 Å². The second-order valence-electron chi connectivity index (χ2n) is 6.51. The Bertz CT molecular complexity index is 575. The Morgan fingerprint density at radius 3 is 2.83 bits per heavy atom. The van der Waals surface area contributed by atoms with Gasteiger partial charge in [-0.15, -0.1) is 0 Å². The molecule has 0 saturated carbocycles. The quantitative estimate of drug-likeness (QED) is 0.911. The Hall–Kier alpha value is -1.69. The van der Waals surface area contributed by atoms with Gasteiger partial charge in [-0.2, -0.15) is 11.8 Å². The monoisotopic (exact) mass is 347 g/mol. The number of hydrogen-bond donors (Lipinski definition) is 1. The Balaban J connectivity index is 1.60. The summed E-state index contributed by atoms with van der Waals surface area (Å²) in [6.45, 7) is 1.42. The van der Waals surface area contributed by atoms with Crippen molar-refractivity contribution >= 4 is 29.4 Å². The SMILES string of the molecule is CN(C(=O)NC[C@@H]1CCSC1)[C@@H]1CCCN(c2ccccc2)C1=O. The minimum absolute atomic E-state index is 0.0153. The second-order valence-corrected chi connectivity index (χ2v) is 7.66. The predicted octanol–water partition coefficient (Wildman–Crippen LogP) is 2.58. The average Bonchev–Trinajstić information content (AvgIpc) is 3.13. The van der Waals surface area contributed by atoms with Crippen molar-refractivity contribution in [2.24, 2.45) is 5.92 Å². The Morgan fingerprint density at radius 2 is 2.12 bits per heavy atom. The summed E-state index contributed by atoms with van der Waals surface area (Å²) in [7, 11) is 1.73. The van der Waals surface area contributed by atoms with E-state index in [0.29, 0.717) is 19.0 Å². The highest BCUT2D eigenvalue weighted by molar-refractivity contribution is 7.99. The van der Waals surface area contributed by atoms with Crippen LogP contribution in [0.2, 0.25) is 0 Å². The highest BCUT2D eigenvalue weighted by Gasteiger charge is 2.34. The van der Waals surface area contributed by atoms with E-state index in [2.05, 4.69) is 5.32 Å². The molecule has 0 aromatic heterocycles. The summed E-state index contributed by atoms with van der Waals surface area (Å²) in [6.07, 6.45) is 2.80. The fourth-order valence-electron chi connectivity index (χ4n) is 3.32. The van der Waals surface area contributed by atoms with E-state index in [1.165, 1.54) is 12.2 Å². The normalized spacial score (nSPS) is 24.0. The number of likely N-dealkylation sites (N-methyl/N-ethyl adjacent to an activating group) is 1. The Morgan fingerprint density at radius 1 is 1.33 bits per heavy atom. The number of thioether (sulfide) groups is 1. The van der Waals surface area contributed by atoms with Crippen LogP contribution in [-0.2, 0) is 4.79 Å². The molecule has 130 valence electrons. The first-order valence-corrected chi connectivity index (χ1v) is 9.77. The van der Waals surface area contributed by atoms with Crippen molar-refractivity contribution in [1.82, 2.24) is 10.2 Å². The summed E-state index contributed by atoms with van der Waals surface area (Å²) < 4.78 is 0. The zero-order valence-corrected chi connectivity index (χ0v) is 14.9. The molecule has 1 aromatic rings. The summed E-state index contributed by atoms with van der Waals surface area (Å²) in [4.78, 5) is 28.6. The Kier molecular flexibility index (Phi) is 5.66. The van der Waals surface area contributed by atoms with Crippen LogP contribution in [0, 0.1) is 5.92 Å². The van der Waals surface area contributed by atoms with Gasteiger partial charge in [0.1, 0.15) is 6.04 Å².